The topological polar surface area (TPSA) is 101 Å². The van der Waals surface area contributed by atoms with Crippen molar-refractivity contribution < 1.29 is 21.9 Å². The molecule has 170 valence electrons. The molecule has 0 radical (unpaired) electrons. The summed E-state index contributed by atoms with van der Waals surface area (Å²) in [6.45, 7) is 3.82. The minimum Gasteiger partial charge on any atom is -0.391 e. The molecule has 0 spiro atoms. The number of hydrogen-bond donors (Lipinski definition) is 1. The Balaban J connectivity index is 4.35. The Bertz CT molecular complexity index is 569. The molecule has 0 saturated carbocycles. The van der Waals surface area contributed by atoms with Crippen LogP contribution in [0.5, 0.6) is 0 Å². The van der Waals surface area contributed by atoms with E-state index in [0.717, 1.165) is 26.2 Å². The van der Waals surface area contributed by atoms with Gasteiger partial charge in [0.15, 0.2) is 19.7 Å². The molecule has 0 heterocycles. The van der Waals surface area contributed by atoms with E-state index in [1.165, 1.54) is 0 Å². The number of rotatable bonds is 16. The minimum absolute atomic E-state index is 0.0959. The van der Waals surface area contributed by atoms with Gasteiger partial charge in [0.2, 0.25) is 0 Å². The van der Waals surface area contributed by atoms with Gasteiger partial charge in [-0.3, -0.25) is 0 Å². The van der Waals surface area contributed by atoms with E-state index in [9.17, 15) is 21.9 Å². The highest BCUT2D eigenvalue weighted by molar-refractivity contribution is 7.92. The molecule has 0 aromatic rings. The third-order valence-electron chi connectivity index (χ3n) is 4.32. The summed E-state index contributed by atoms with van der Waals surface area (Å²) in [7, 11) is 4.42. The molecule has 0 saturated heterocycles. The summed E-state index contributed by atoms with van der Waals surface area (Å²) in [5.41, 5.74) is 0. The maximum atomic E-state index is 12.2. The lowest BCUT2D eigenvalue weighted by Crippen LogP contribution is -2.37. The van der Waals surface area contributed by atoms with E-state index < -0.39 is 37.3 Å². The molecular formula is C17H40N4O5S2. The van der Waals surface area contributed by atoms with E-state index in [0.29, 0.717) is 13.1 Å². The molecule has 0 aromatic carbocycles. The van der Waals surface area contributed by atoms with Crippen LogP contribution in [0, 0.1) is 0 Å². The van der Waals surface area contributed by atoms with Gasteiger partial charge in [-0.25, -0.2) is 16.8 Å². The summed E-state index contributed by atoms with van der Waals surface area (Å²) < 4.78 is 48.7. The van der Waals surface area contributed by atoms with Gasteiger partial charge >= 0.3 is 0 Å². The number of hydrogen-bond acceptors (Lipinski definition) is 9. The molecule has 0 fully saturated rings. The zero-order chi connectivity index (χ0) is 22.0. The van der Waals surface area contributed by atoms with Crippen molar-refractivity contribution in [2.75, 3.05) is 105 Å². The molecule has 0 aromatic heterocycles. The van der Waals surface area contributed by atoms with Crippen molar-refractivity contribution in [1.82, 2.24) is 19.6 Å². The second-order valence-electron chi connectivity index (χ2n) is 8.10. The molecule has 11 heteroatoms. The zero-order valence-electron chi connectivity index (χ0n) is 18.3. The second-order valence-corrected chi connectivity index (χ2v) is 12.6. The number of aliphatic hydroxyl groups excluding tert-OH is 1. The van der Waals surface area contributed by atoms with Gasteiger partial charge in [0.25, 0.3) is 0 Å². The third-order valence-corrected chi connectivity index (χ3v) is 7.71. The van der Waals surface area contributed by atoms with E-state index in [1.54, 1.807) is 0 Å². The van der Waals surface area contributed by atoms with E-state index >= 15 is 0 Å². The minimum atomic E-state index is -3.52. The van der Waals surface area contributed by atoms with Crippen LogP contribution in [0.3, 0.4) is 0 Å². The zero-order valence-corrected chi connectivity index (χ0v) is 20.0. The summed E-state index contributed by atoms with van der Waals surface area (Å²) in [6.07, 6.45) is -1.39. The van der Waals surface area contributed by atoms with Gasteiger partial charge in [0.05, 0.1) is 29.1 Å². The number of likely N-dealkylation sites (N-methyl/N-ethyl adjacent to an activating group) is 4. The van der Waals surface area contributed by atoms with Crippen molar-refractivity contribution in [2.24, 2.45) is 0 Å². The Morgan fingerprint density at radius 1 is 0.607 bits per heavy atom. The second kappa shape index (κ2) is 13.1. The van der Waals surface area contributed by atoms with Crippen LogP contribution < -0.4 is 0 Å². The van der Waals surface area contributed by atoms with Gasteiger partial charge < -0.3 is 24.7 Å². The van der Waals surface area contributed by atoms with Crippen LogP contribution in [-0.4, -0.2) is 152 Å². The van der Waals surface area contributed by atoms with Crippen LogP contribution in [0.1, 0.15) is 0 Å². The standard InChI is InChI=1S/C17H40N4O5S2/c1-18(2)7-9-20(5)11-13-27(23,24)15-17(22)16-28(25,26)14-12-21(6)10-8-19(3)4/h17,22H,7-16H2,1-6H3. The molecule has 0 aliphatic rings. The highest BCUT2D eigenvalue weighted by atomic mass is 32.2. The number of nitrogens with zero attached hydrogens (tertiary/aromatic N) is 4. The van der Waals surface area contributed by atoms with Crippen molar-refractivity contribution >= 4 is 19.7 Å². The van der Waals surface area contributed by atoms with Crippen molar-refractivity contribution in [3.63, 3.8) is 0 Å². The summed E-state index contributed by atoms with van der Waals surface area (Å²) in [4.78, 5) is 7.84. The van der Waals surface area contributed by atoms with Gasteiger partial charge in [0, 0.05) is 39.3 Å². The average Bonchev–Trinajstić information content (AvgIpc) is 2.53. The lowest BCUT2D eigenvalue weighted by molar-refractivity contribution is 0.219. The van der Waals surface area contributed by atoms with Gasteiger partial charge in [-0.1, -0.05) is 0 Å². The fraction of sp³-hybridized carbons (Fsp3) is 1.00. The number of aliphatic hydroxyl groups is 1. The first kappa shape index (κ1) is 27.7. The molecule has 0 aliphatic heterocycles. The average molecular weight is 445 g/mol. The van der Waals surface area contributed by atoms with Gasteiger partial charge in [-0.2, -0.15) is 0 Å². The van der Waals surface area contributed by atoms with Crippen LogP contribution in [0.4, 0.5) is 0 Å². The molecule has 1 N–H and O–H groups in total. The van der Waals surface area contributed by atoms with E-state index in [1.807, 2.05) is 61.9 Å². The molecule has 0 unspecified atom stereocenters. The lowest BCUT2D eigenvalue weighted by Gasteiger charge is -2.20. The maximum Gasteiger partial charge on any atom is 0.154 e. The predicted molar refractivity (Wildman–Crippen MR) is 115 cm³/mol. The molecular weight excluding hydrogens is 404 g/mol. The van der Waals surface area contributed by atoms with Crippen LogP contribution in [0.2, 0.25) is 0 Å². The maximum absolute atomic E-state index is 12.2. The first-order chi connectivity index (χ1) is 12.7. The Kier molecular flexibility index (Phi) is 13.0. The molecule has 0 rings (SSSR count). The Hall–Kier alpha value is -0.300. The third kappa shape index (κ3) is 15.6. The summed E-state index contributed by atoms with van der Waals surface area (Å²) >= 11 is 0. The fourth-order valence-corrected chi connectivity index (χ4v) is 5.43. The van der Waals surface area contributed by atoms with Crippen molar-refractivity contribution in [2.45, 2.75) is 6.10 Å². The number of sulfone groups is 2. The van der Waals surface area contributed by atoms with Crippen LogP contribution >= 0.6 is 0 Å². The lowest BCUT2D eigenvalue weighted by atomic mass is 10.5. The first-order valence-electron chi connectivity index (χ1n) is 9.48. The van der Waals surface area contributed by atoms with Crippen molar-refractivity contribution in [3.05, 3.63) is 0 Å². The van der Waals surface area contributed by atoms with Crippen molar-refractivity contribution in [1.29, 1.82) is 0 Å². The predicted octanol–water partition coefficient (Wildman–Crippen LogP) is -1.84. The molecule has 0 aliphatic carbocycles. The first-order valence-corrected chi connectivity index (χ1v) is 13.1. The Morgan fingerprint density at radius 3 is 1.21 bits per heavy atom. The van der Waals surface area contributed by atoms with E-state index in [4.69, 9.17) is 0 Å². The largest absolute Gasteiger partial charge is 0.391 e. The summed E-state index contributed by atoms with van der Waals surface area (Å²) in [5, 5.41) is 10.0. The summed E-state index contributed by atoms with van der Waals surface area (Å²) in [5.74, 6) is -1.24. The Labute approximate surface area is 172 Å². The normalized spacial score (nSPS) is 13.6. The fourth-order valence-electron chi connectivity index (χ4n) is 2.36. The van der Waals surface area contributed by atoms with Crippen LogP contribution in [0.25, 0.3) is 0 Å². The SMILES string of the molecule is CN(C)CCN(C)CCS(=O)(=O)CC(O)CS(=O)(=O)CCN(C)CCN(C)C. The molecule has 0 atom stereocenters. The van der Waals surface area contributed by atoms with Crippen LogP contribution in [-0.2, 0) is 19.7 Å². The van der Waals surface area contributed by atoms with E-state index in [2.05, 4.69) is 0 Å². The summed E-state index contributed by atoms with van der Waals surface area (Å²) in [6, 6.07) is 0. The van der Waals surface area contributed by atoms with Gasteiger partial charge in [-0.05, 0) is 42.3 Å². The smallest absolute Gasteiger partial charge is 0.154 e. The molecule has 0 amide bonds. The highest BCUT2D eigenvalue weighted by Crippen LogP contribution is 2.02. The van der Waals surface area contributed by atoms with Crippen LogP contribution in [0.15, 0.2) is 0 Å². The molecule has 9 nitrogen and oxygen atoms in total. The Morgan fingerprint density at radius 2 is 0.929 bits per heavy atom. The quantitative estimate of drug-likeness (QED) is 0.294. The molecule has 0 bridgehead atoms. The van der Waals surface area contributed by atoms with E-state index in [-0.39, 0.29) is 11.5 Å². The highest BCUT2D eigenvalue weighted by Gasteiger charge is 2.23. The van der Waals surface area contributed by atoms with Gasteiger partial charge in [0.1, 0.15) is 0 Å². The van der Waals surface area contributed by atoms with Gasteiger partial charge in [-0.15, -0.1) is 0 Å². The monoisotopic (exact) mass is 444 g/mol. The molecule has 28 heavy (non-hydrogen) atoms. The van der Waals surface area contributed by atoms with Crippen molar-refractivity contribution in [3.8, 4) is 0 Å².